The van der Waals surface area contributed by atoms with Gasteiger partial charge in [0.15, 0.2) is 6.10 Å². The van der Waals surface area contributed by atoms with Crippen LogP contribution < -0.4 is 10.5 Å². The van der Waals surface area contributed by atoms with Crippen LogP contribution in [0, 0.1) is 0 Å². The predicted octanol–water partition coefficient (Wildman–Crippen LogP) is 0.447. The molecule has 142 valence electrons. The highest BCUT2D eigenvalue weighted by Crippen LogP contribution is 2.16. The Labute approximate surface area is 151 Å². The van der Waals surface area contributed by atoms with E-state index in [-0.39, 0.29) is 12.6 Å². The first-order valence-corrected chi connectivity index (χ1v) is 8.21. The Morgan fingerprint density at radius 3 is 2.46 bits per heavy atom. The van der Waals surface area contributed by atoms with Crippen molar-refractivity contribution in [3.05, 3.63) is 29.8 Å². The van der Waals surface area contributed by atoms with E-state index in [1.807, 2.05) is 0 Å². The van der Waals surface area contributed by atoms with E-state index in [1.54, 1.807) is 24.3 Å². The molecule has 1 fully saturated rings. The van der Waals surface area contributed by atoms with Crippen LogP contribution in [0.1, 0.15) is 18.4 Å². The number of esters is 1. The number of carbonyl (C=O) groups is 2. The third-order valence-corrected chi connectivity index (χ3v) is 4.09. The number of rotatable bonds is 6. The molecule has 1 aliphatic heterocycles. The van der Waals surface area contributed by atoms with Crippen molar-refractivity contribution in [1.29, 1.82) is 0 Å². The normalized spacial score (nSPS) is 16.8. The van der Waals surface area contributed by atoms with Gasteiger partial charge in [0.2, 0.25) is 0 Å². The van der Waals surface area contributed by atoms with Crippen LogP contribution in [0.5, 0.6) is 5.75 Å². The maximum absolute atomic E-state index is 11.1. The zero-order valence-corrected chi connectivity index (χ0v) is 14.5. The monoisotopic (exact) mass is 365 g/mol. The lowest BCUT2D eigenvalue weighted by molar-refractivity contribution is -0.151. The minimum absolute atomic E-state index is 0.00303. The number of ether oxygens (including phenoxy) is 2. The molecule has 9 heteroatoms. The van der Waals surface area contributed by atoms with Crippen LogP contribution >= 0.6 is 0 Å². The lowest BCUT2D eigenvalue weighted by atomic mass is 10.1. The van der Waals surface area contributed by atoms with Crippen LogP contribution in [0.4, 0.5) is 4.79 Å². The Morgan fingerprint density at radius 2 is 1.92 bits per heavy atom. The lowest BCUT2D eigenvalue weighted by Crippen LogP contribution is -2.39. The molecule has 26 heavy (non-hydrogen) atoms. The summed E-state index contributed by atoms with van der Waals surface area (Å²) >= 11 is 0. The van der Waals surface area contributed by atoms with Crippen LogP contribution in [0.3, 0.4) is 0 Å². The van der Waals surface area contributed by atoms with E-state index < -0.39 is 18.2 Å². The average Bonchev–Trinajstić information content (AvgIpc) is 2.66. The Hall–Kier alpha value is -2.81. The maximum Gasteiger partial charge on any atom is 0.407 e. The smallest absolute Gasteiger partial charge is 0.407 e. The number of aliphatic imine (C=N–C) groups is 1. The number of hydrogen-bond donors (Lipinski definition) is 3. The molecule has 0 bridgehead atoms. The van der Waals surface area contributed by atoms with Crippen LogP contribution in [0.25, 0.3) is 0 Å². The molecule has 0 unspecified atom stereocenters. The SMILES string of the molecule is COC(=O)[C@H](O)COc1ccc(C(N)=NC2CCN(C(=O)O)CC2)cc1. The van der Waals surface area contributed by atoms with E-state index in [2.05, 4.69) is 9.73 Å². The third kappa shape index (κ3) is 5.35. The topological polar surface area (TPSA) is 135 Å². The van der Waals surface area contributed by atoms with E-state index in [1.165, 1.54) is 12.0 Å². The van der Waals surface area contributed by atoms with E-state index in [9.17, 15) is 14.7 Å². The number of amidine groups is 1. The zero-order chi connectivity index (χ0) is 19.1. The third-order valence-electron chi connectivity index (χ3n) is 4.09. The van der Waals surface area contributed by atoms with Gasteiger partial charge in [-0.3, -0.25) is 4.99 Å². The van der Waals surface area contributed by atoms with E-state index in [0.29, 0.717) is 43.1 Å². The van der Waals surface area contributed by atoms with Crippen molar-refractivity contribution in [3.63, 3.8) is 0 Å². The Balaban J connectivity index is 1.89. The highest BCUT2D eigenvalue weighted by molar-refractivity contribution is 5.97. The number of amides is 1. The van der Waals surface area contributed by atoms with Gasteiger partial charge >= 0.3 is 12.1 Å². The second-order valence-corrected chi connectivity index (χ2v) is 5.89. The van der Waals surface area contributed by atoms with Crippen molar-refractivity contribution < 1.29 is 29.3 Å². The molecule has 0 spiro atoms. The van der Waals surface area contributed by atoms with Crippen molar-refractivity contribution in [1.82, 2.24) is 4.90 Å². The van der Waals surface area contributed by atoms with E-state index in [4.69, 9.17) is 15.6 Å². The number of methoxy groups -OCH3 is 1. The molecule has 1 aromatic carbocycles. The Morgan fingerprint density at radius 1 is 1.31 bits per heavy atom. The minimum atomic E-state index is -1.34. The van der Waals surface area contributed by atoms with Gasteiger partial charge in [-0.2, -0.15) is 0 Å². The van der Waals surface area contributed by atoms with E-state index >= 15 is 0 Å². The molecule has 1 heterocycles. The van der Waals surface area contributed by atoms with Gasteiger partial charge in [0, 0.05) is 18.7 Å². The number of piperidine rings is 1. The average molecular weight is 365 g/mol. The fourth-order valence-corrected chi connectivity index (χ4v) is 2.56. The van der Waals surface area contributed by atoms with Crippen molar-refractivity contribution in [2.24, 2.45) is 10.7 Å². The summed E-state index contributed by atoms with van der Waals surface area (Å²) < 4.78 is 9.72. The number of hydrogen-bond acceptors (Lipinski definition) is 6. The molecule has 1 aromatic rings. The molecule has 0 aliphatic carbocycles. The van der Waals surface area contributed by atoms with Gasteiger partial charge in [-0.25, -0.2) is 9.59 Å². The first-order chi connectivity index (χ1) is 12.4. The summed E-state index contributed by atoms with van der Waals surface area (Å²) in [6.07, 6.45) is -0.976. The van der Waals surface area contributed by atoms with Crippen molar-refractivity contribution in [2.45, 2.75) is 25.0 Å². The quantitative estimate of drug-likeness (QED) is 0.378. The van der Waals surface area contributed by atoms with Crippen molar-refractivity contribution in [3.8, 4) is 5.75 Å². The fourth-order valence-electron chi connectivity index (χ4n) is 2.56. The largest absolute Gasteiger partial charge is 0.490 e. The molecule has 1 amide bonds. The van der Waals surface area contributed by atoms with E-state index in [0.717, 1.165) is 0 Å². The minimum Gasteiger partial charge on any atom is -0.490 e. The second-order valence-electron chi connectivity index (χ2n) is 5.89. The number of carboxylic acid groups (broad SMARTS) is 1. The summed E-state index contributed by atoms with van der Waals surface area (Å²) in [7, 11) is 1.19. The predicted molar refractivity (Wildman–Crippen MR) is 93.3 cm³/mol. The van der Waals surface area contributed by atoms with Gasteiger partial charge in [-0.05, 0) is 37.1 Å². The summed E-state index contributed by atoms with van der Waals surface area (Å²) in [6, 6.07) is 6.77. The summed E-state index contributed by atoms with van der Waals surface area (Å²) in [4.78, 5) is 27.8. The second kappa shape index (κ2) is 9.04. The first-order valence-electron chi connectivity index (χ1n) is 8.21. The lowest BCUT2D eigenvalue weighted by Gasteiger charge is -2.28. The molecular weight excluding hydrogens is 342 g/mol. The van der Waals surface area contributed by atoms with Gasteiger partial charge in [0.05, 0.1) is 13.2 Å². The van der Waals surface area contributed by atoms with Gasteiger partial charge in [0.25, 0.3) is 0 Å². The molecule has 0 aromatic heterocycles. The maximum atomic E-state index is 11.1. The fraction of sp³-hybridized carbons (Fsp3) is 0.471. The summed E-state index contributed by atoms with van der Waals surface area (Å²) in [5.74, 6) is 0.0890. The molecule has 0 radical (unpaired) electrons. The summed E-state index contributed by atoms with van der Waals surface area (Å²) in [5.41, 5.74) is 6.74. The van der Waals surface area contributed by atoms with Crippen LogP contribution in [-0.2, 0) is 9.53 Å². The zero-order valence-electron chi connectivity index (χ0n) is 14.5. The molecule has 2 rings (SSSR count). The standard InChI is InChI=1S/C17H23N3O6/c1-25-16(22)14(21)10-26-13-4-2-11(3-5-13)15(18)19-12-6-8-20(9-7-12)17(23)24/h2-5,12,14,21H,6-10H2,1H3,(H2,18,19)(H,23,24)/t14-/m1/s1. The van der Waals surface area contributed by atoms with Crippen LogP contribution in [0.2, 0.25) is 0 Å². The molecule has 0 saturated carbocycles. The highest BCUT2D eigenvalue weighted by atomic mass is 16.5. The summed E-state index contributed by atoms with van der Waals surface area (Å²) in [5, 5.41) is 18.4. The van der Waals surface area contributed by atoms with Crippen LogP contribution in [-0.4, -0.2) is 72.0 Å². The van der Waals surface area contributed by atoms with Gasteiger partial charge in [-0.1, -0.05) is 0 Å². The molecule has 1 aliphatic rings. The van der Waals surface area contributed by atoms with Crippen molar-refractivity contribution >= 4 is 17.9 Å². The molecule has 1 atom stereocenters. The first kappa shape index (κ1) is 19.5. The number of aliphatic hydroxyl groups is 1. The Kier molecular flexibility index (Phi) is 6.79. The van der Waals surface area contributed by atoms with Crippen LogP contribution in [0.15, 0.2) is 29.3 Å². The molecule has 4 N–H and O–H groups in total. The Bertz CT molecular complexity index is 653. The number of likely N-dealkylation sites (tertiary alicyclic amines) is 1. The molecule has 1 saturated heterocycles. The number of nitrogens with two attached hydrogens (primary N) is 1. The number of aliphatic hydroxyl groups excluding tert-OH is 1. The van der Waals surface area contributed by atoms with Crippen molar-refractivity contribution in [2.75, 3.05) is 26.8 Å². The number of benzene rings is 1. The van der Waals surface area contributed by atoms with Gasteiger partial charge in [0.1, 0.15) is 18.2 Å². The molecule has 9 nitrogen and oxygen atoms in total. The van der Waals surface area contributed by atoms with Gasteiger partial charge in [-0.15, -0.1) is 0 Å². The molecular formula is C17H23N3O6. The number of carbonyl (C=O) groups excluding carboxylic acids is 1. The highest BCUT2D eigenvalue weighted by Gasteiger charge is 2.22. The van der Waals surface area contributed by atoms with Gasteiger partial charge < -0.3 is 30.3 Å². The summed E-state index contributed by atoms with van der Waals surface area (Å²) in [6.45, 7) is 0.690. The number of nitrogens with zero attached hydrogens (tertiary/aromatic N) is 2.